The Labute approximate surface area is 189 Å². The lowest BCUT2D eigenvalue weighted by molar-refractivity contribution is -0.385. The van der Waals surface area contributed by atoms with Crippen molar-refractivity contribution in [1.82, 2.24) is 0 Å². The molecule has 0 bridgehead atoms. The Bertz CT molecular complexity index is 1310. The molecule has 0 aliphatic heterocycles. The summed E-state index contributed by atoms with van der Waals surface area (Å²) >= 11 is 3.55. The molecule has 1 saturated carbocycles. The van der Waals surface area contributed by atoms with Crippen molar-refractivity contribution in [1.29, 1.82) is 0 Å². The van der Waals surface area contributed by atoms with Crippen molar-refractivity contribution in [2.24, 2.45) is 5.92 Å². The summed E-state index contributed by atoms with van der Waals surface area (Å²) in [4.78, 5) is 49.0. The van der Waals surface area contributed by atoms with Gasteiger partial charge in [0, 0.05) is 35.4 Å². The number of carbonyl (C=O) groups is 2. The number of halogens is 1. The van der Waals surface area contributed by atoms with Crippen LogP contribution >= 0.6 is 15.9 Å². The molecule has 158 valence electrons. The van der Waals surface area contributed by atoms with E-state index in [9.17, 15) is 29.8 Å². The summed E-state index contributed by atoms with van der Waals surface area (Å²) in [6, 6.07) is 17.9. The quantitative estimate of drug-likeness (QED) is 0.297. The second kappa shape index (κ2) is 6.64. The van der Waals surface area contributed by atoms with Crippen LogP contribution < -0.4 is 0 Å². The summed E-state index contributed by atoms with van der Waals surface area (Å²) in [6.45, 7) is 0. The summed E-state index contributed by atoms with van der Waals surface area (Å²) in [5.74, 6) is -1.55. The number of benzene rings is 3. The molecule has 0 heterocycles. The van der Waals surface area contributed by atoms with Gasteiger partial charge in [-0.3, -0.25) is 29.8 Å². The van der Waals surface area contributed by atoms with Crippen LogP contribution in [0.15, 0.2) is 72.8 Å². The van der Waals surface area contributed by atoms with Crippen molar-refractivity contribution in [3.8, 4) is 0 Å². The van der Waals surface area contributed by atoms with Gasteiger partial charge in [-0.1, -0.05) is 64.5 Å². The van der Waals surface area contributed by atoms with E-state index in [0.717, 1.165) is 0 Å². The lowest BCUT2D eigenvalue weighted by Crippen LogP contribution is -2.31. The van der Waals surface area contributed by atoms with Crippen LogP contribution in [0.5, 0.6) is 0 Å². The van der Waals surface area contributed by atoms with Crippen molar-refractivity contribution in [2.75, 3.05) is 0 Å². The van der Waals surface area contributed by atoms with Crippen LogP contribution in [-0.2, 0) is 5.41 Å². The van der Waals surface area contributed by atoms with E-state index >= 15 is 0 Å². The van der Waals surface area contributed by atoms with Crippen LogP contribution in [0.3, 0.4) is 0 Å². The van der Waals surface area contributed by atoms with E-state index in [-0.39, 0.29) is 34.1 Å². The molecule has 8 nitrogen and oxygen atoms in total. The molecule has 0 saturated heterocycles. The van der Waals surface area contributed by atoms with Crippen molar-refractivity contribution < 1.29 is 19.4 Å². The van der Waals surface area contributed by atoms with Gasteiger partial charge in [-0.2, -0.15) is 0 Å². The van der Waals surface area contributed by atoms with Crippen LogP contribution in [0, 0.1) is 26.1 Å². The molecule has 0 radical (unpaired) electrons. The van der Waals surface area contributed by atoms with Gasteiger partial charge in [0.05, 0.1) is 21.2 Å². The zero-order valence-corrected chi connectivity index (χ0v) is 17.8. The van der Waals surface area contributed by atoms with Crippen molar-refractivity contribution in [3.05, 3.63) is 115 Å². The topological polar surface area (TPSA) is 120 Å². The average Bonchev–Trinajstić information content (AvgIpc) is 3.40. The Morgan fingerprint density at radius 1 is 0.750 bits per heavy atom. The lowest BCUT2D eigenvalue weighted by Gasteiger charge is -2.22. The normalized spacial score (nSPS) is 22.6. The monoisotopic (exact) mass is 492 g/mol. The fraction of sp³-hybridized carbons (Fsp3) is 0.130. The number of non-ortho nitro benzene ring substituents is 2. The number of Topliss-reactive ketones (excluding diaryl/α,β-unsaturated/α-hetero) is 2. The molecule has 2 aliphatic rings. The third-order valence-electron chi connectivity index (χ3n) is 6.38. The minimum atomic E-state index is -1.42. The van der Waals surface area contributed by atoms with Gasteiger partial charge in [-0.25, -0.2) is 0 Å². The number of hydrogen-bond donors (Lipinski definition) is 0. The molecule has 1 fully saturated rings. The maximum absolute atomic E-state index is 13.7. The number of carbonyl (C=O) groups excluding carboxylic acids is 2. The molecule has 0 aromatic heterocycles. The minimum absolute atomic E-state index is 0.204. The molecular formula is C23H13BrN2O6. The Morgan fingerprint density at radius 3 is 1.75 bits per heavy atom. The second-order valence-corrected chi connectivity index (χ2v) is 9.06. The Hall–Kier alpha value is -3.72. The first-order valence-corrected chi connectivity index (χ1v) is 10.4. The number of ketones is 2. The Balaban J connectivity index is 1.83. The van der Waals surface area contributed by atoms with Crippen molar-refractivity contribution in [3.63, 3.8) is 0 Å². The predicted molar refractivity (Wildman–Crippen MR) is 117 cm³/mol. The zero-order valence-electron chi connectivity index (χ0n) is 16.2. The summed E-state index contributed by atoms with van der Waals surface area (Å²) in [5.41, 5.74) is -0.502. The molecule has 32 heavy (non-hydrogen) atoms. The highest BCUT2D eigenvalue weighted by Crippen LogP contribution is 2.74. The van der Waals surface area contributed by atoms with Gasteiger partial charge in [-0.05, 0) is 11.1 Å². The lowest BCUT2D eigenvalue weighted by atomic mass is 9.83. The number of nitro groups is 2. The molecule has 0 amide bonds. The molecule has 2 aliphatic carbocycles. The number of hydrogen-bond acceptors (Lipinski definition) is 6. The fourth-order valence-corrected chi connectivity index (χ4v) is 6.36. The van der Waals surface area contributed by atoms with E-state index in [1.807, 2.05) is 0 Å². The fourth-order valence-electron chi connectivity index (χ4n) is 5.02. The number of nitrogens with zero attached hydrogens (tertiary/aromatic N) is 2. The van der Waals surface area contributed by atoms with Gasteiger partial charge in [-0.15, -0.1) is 0 Å². The van der Waals surface area contributed by atoms with Gasteiger partial charge < -0.3 is 0 Å². The van der Waals surface area contributed by atoms with Crippen LogP contribution in [0.2, 0.25) is 0 Å². The second-order valence-electron chi connectivity index (χ2n) is 7.81. The van der Waals surface area contributed by atoms with Gasteiger partial charge in [0.25, 0.3) is 11.4 Å². The molecule has 3 aromatic rings. The predicted octanol–water partition coefficient (Wildman–Crippen LogP) is 4.63. The maximum Gasteiger partial charge on any atom is 0.269 e. The van der Waals surface area contributed by atoms with E-state index in [1.165, 1.54) is 36.4 Å². The highest BCUT2D eigenvalue weighted by Gasteiger charge is 2.84. The molecule has 3 aromatic carbocycles. The molecule has 2 atom stereocenters. The highest BCUT2D eigenvalue weighted by molar-refractivity contribution is 9.10. The first kappa shape index (κ1) is 20.2. The maximum atomic E-state index is 13.7. The molecule has 0 N–H and O–H groups in total. The van der Waals surface area contributed by atoms with Crippen molar-refractivity contribution in [2.45, 2.75) is 9.74 Å². The molecule has 0 spiro atoms. The smallest absolute Gasteiger partial charge is 0.269 e. The Morgan fingerprint density at radius 2 is 1.25 bits per heavy atom. The third kappa shape index (κ3) is 2.36. The van der Waals surface area contributed by atoms with E-state index < -0.39 is 25.5 Å². The highest BCUT2D eigenvalue weighted by atomic mass is 79.9. The van der Waals surface area contributed by atoms with Gasteiger partial charge in [0.1, 0.15) is 4.32 Å². The van der Waals surface area contributed by atoms with Gasteiger partial charge in [0.2, 0.25) is 0 Å². The van der Waals surface area contributed by atoms with Crippen molar-refractivity contribution >= 4 is 38.9 Å². The summed E-state index contributed by atoms with van der Waals surface area (Å²) in [5, 5.41) is 22.9. The van der Waals surface area contributed by atoms with E-state index in [1.54, 1.807) is 36.4 Å². The average molecular weight is 493 g/mol. The molecule has 9 heteroatoms. The SMILES string of the molecule is O=C1c2ccccc2C(=O)[C@@]2(Br)[C@@H]1C2(c1cccc([N+](=O)[O-])c1)c1cccc([N+](=O)[O-])c1. The largest absolute Gasteiger partial charge is 0.294 e. The van der Waals surface area contributed by atoms with Crippen LogP contribution in [0.4, 0.5) is 11.4 Å². The number of alkyl halides is 1. The Kier molecular flexibility index (Phi) is 4.19. The third-order valence-corrected chi connectivity index (χ3v) is 7.82. The first-order valence-electron chi connectivity index (χ1n) is 9.61. The van der Waals surface area contributed by atoms with Crippen LogP contribution in [-0.4, -0.2) is 25.7 Å². The van der Waals surface area contributed by atoms with Crippen LogP contribution in [0.25, 0.3) is 0 Å². The minimum Gasteiger partial charge on any atom is -0.294 e. The van der Waals surface area contributed by atoms with Crippen LogP contribution in [0.1, 0.15) is 31.8 Å². The summed E-state index contributed by atoms with van der Waals surface area (Å²) < 4.78 is -1.42. The van der Waals surface area contributed by atoms with E-state index in [0.29, 0.717) is 11.1 Å². The van der Waals surface area contributed by atoms with E-state index in [2.05, 4.69) is 15.9 Å². The van der Waals surface area contributed by atoms with E-state index in [4.69, 9.17) is 0 Å². The molecule has 5 rings (SSSR count). The van der Waals surface area contributed by atoms with Gasteiger partial charge in [0.15, 0.2) is 11.6 Å². The number of rotatable bonds is 4. The summed E-state index contributed by atoms with van der Waals surface area (Å²) in [7, 11) is 0. The number of nitro benzene ring substituents is 2. The standard InChI is InChI=1S/C23H13BrN2O6/c24-23-20(19(27)17-9-1-2-10-18(17)21(23)28)22(23,13-5-3-7-15(11-13)25(29)30)14-6-4-8-16(12-14)26(31)32/h1-12,20H/t20-,23-/m0/s1. The molecular weight excluding hydrogens is 480 g/mol. The zero-order chi connectivity index (χ0) is 22.8. The molecule has 0 unspecified atom stereocenters. The summed E-state index contributed by atoms with van der Waals surface area (Å²) in [6.07, 6.45) is 0. The number of fused-ring (bicyclic) bond motifs is 2. The first-order chi connectivity index (χ1) is 15.2. The van der Waals surface area contributed by atoms with Gasteiger partial charge >= 0.3 is 0 Å².